The highest BCUT2D eigenvalue weighted by Crippen LogP contribution is 2.30. The van der Waals surface area contributed by atoms with Crippen molar-refractivity contribution in [2.24, 2.45) is 0 Å². The number of imide groups is 1. The van der Waals surface area contributed by atoms with Gasteiger partial charge in [0.2, 0.25) is 0 Å². The number of benzene rings is 2. The Morgan fingerprint density at radius 1 is 1.00 bits per heavy atom. The van der Waals surface area contributed by atoms with Crippen molar-refractivity contribution in [3.8, 4) is 11.5 Å². The van der Waals surface area contributed by atoms with Crippen molar-refractivity contribution in [2.75, 3.05) is 18.5 Å². The number of rotatable bonds is 2. The lowest BCUT2D eigenvalue weighted by Gasteiger charge is -2.18. The van der Waals surface area contributed by atoms with Crippen LogP contribution in [0.25, 0.3) is 0 Å². The maximum Gasteiger partial charge on any atom is 0.326 e. The van der Waals surface area contributed by atoms with Crippen LogP contribution < -0.4 is 20.1 Å². The van der Waals surface area contributed by atoms with Gasteiger partial charge in [-0.25, -0.2) is 4.79 Å². The molecule has 2 aromatic carbocycles. The van der Waals surface area contributed by atoms with Crippen LogP contribution in [0.1, 0.15) is 10.4 Å². The second kappa shape index (κ2) is 6.86. The molecule has 1 aliphatic rings. The molecule has 0 atom stereocenters. The molecule has 23 heavy (non-hydrogen) atoms. The molecule has 7 heteroatoms. The molecule has 0 spiro atoms. The first kappa shape index (κ1) is 15.6. The van der Waals surface area contributed by atoms with Crippen LogP contribution in [-0.2, 0) is 0 Å². The highest BCUT2D eigenvalue weighted by atomic mass is 127. The van der Waals surface area contributed by atoms with Crippen molar-refractivity contribution in [1.82, 2.24) is 5.32 Å². The summed E-state index contributed by atoms with van der Waals surface area (Å²) in [5, 5.41) is 4.90. The van der Waals surface area contributed by atoms with E-state index in [9.17, 15) is 9.59 Å². The summed E-state index contributed by atoms with van der Waals surface area (Å²) in [7, 11) is 0. The number of ether oxygens (including phenoxy) is 2. The number of halogens is 1. The smallest absolute Gasteiger partial charge is 0.326 e. The van der Waals surface area contributed by atoms with Crippen molar-refractivity contribution in [3.05, 3.63) is 51.6 Å². The van der Waals surface area contributed by atoms with Gasteiger partial charge in [0.1, 0.15) is 13.2 Å². The SMILES string of the molecule is O=C(NC(=O)c1ccc2c(c1)OCCO2)Nc1cccc(I)c1. The lowest BCUT2D eigenvalue weighted by Crippen LogP contribution is -2.34. The van der Waals surface area contributed by atoms with Crippen molar-refractivity contribution in [1.29, 1.82) is 0 Å². The van der Waals surface area contributed by atoms with Gasteiger partial charge in [-0.1, -0.05) is 6.07 Å². The van der Waals surface area contributed by atoms with Gasteiger partial charge in [-0.3, -0.25) is 10.1 Å². The number of hydrogen-bond acceptors (Lipinski definition) is 4. The van der Waals surface area contributed by atoms with Crippen molar-refractivity contribution >= 4 is 40.2 Å². The van der Waals surface area contributed by atoms with Gasteiger partial charge in [0, 0.05) is 14.8 Å². The summed E-state index contributed by atoms with van der Waals surface area (Å²) in [5.74, 6) is 0.586. The lowest BCUT2D eigenvalue weighted by molar-refractivity contribution is 0.0966. The van der Waals surface area contributed by atoms with Gasteiger partial charge in [0.05, 0.1) is 0 Å². The normalized spacial score (nSPS) is 12.4. The minimum Gasteiger partial charge on any atom is -0.486 e. The Kier molecular flexibility index (Phi) is 4.65. The summed E-state index contributed by atoms with van der Waals surface area (Å²) < 4.78 is 11.8. The van der Waals surface area contributed by atoms with Crippen LogP contribution >= 0.6 is 22.6 Å². The Hall–Kier alpha value is -2.29. The average Bonchev–Trinajstić information content (AvgIpc) is 2.54. The Bertz CT molecular complexity index is 763. The minimum absolute atomic E-state index is 0.326. The zero-order chi connectivity index (χ0) is 16.2. The van der Waals surface area contributed by atoms with E-state index in [1.807, 2.05) is 12.1 Å². The first-order chi connectivity index (χ1) is 11.1. The molecule has 3 amide bonds. The molecular weight excluding hydrogens is 411 g/mol. The van der Waals surface area contributed by atoms with Gasteiger partial charge < -0.3 is 14.8 Å². The number of fused-ring (bicyclic) bond motifs is 1. The number of carbonyl (C=O) groups is 2. The van der Waals surface area contributed by atoms with Crippen molar-refractivity contribution in [2.45, 2.75) is 0 Å². The van der Waals surface area contributed by atoms with Gasteiger partial charge in [0.15, 0.2) is 11.5 Å². The van der Waals surface area contributed by atoms with Gasteiger partial charge in [-0.2, -0.15) is 0 Å². The second-order valence-corrected chi connectivity index (χ2v) is 6.02. The van der Waals surface area contributed by atoms with E-state index in [4.69, 9.17) is 9.47 Å². The summed E-state index contributed by atoms with van der Waals surface area (Å²) in [6, 6.07) is 11.5. The molecule has 1 aliphatic heterocycles. The molecule has 0 aliphatic carbocycles. The van der Waals surface area contributed by atoms with Crippen molar-refractivity contribution < 1.29 is 19.1 Å². The van der Waals surface area contributed by atoms with Crippen LogP contribution in [0.3, 0.4) is 0 Å². The molecule has 0 saturated heterocycles. The highest BCUT2D eigenvalue weighted by Gasteiger charge is 2.16. The minimum atomic E-state index is -0.591. The van der Waals surface area contributed by atoms with Crippen LogP contribution in [0.5, 0.6) is 11.5 Å². The molecule has 6 nitrogen and oxygen atoms in total. The standard InChI is InChI=1S/C16H13IN2O4/c17-11-2-1-3-12(9-11)18-16(21)19-15(20)10-4-5-13-14(8-10)23-7-6-22-13/h1-5,8-9H,6-7H2,(H2,18,19,20,21). The zero-order valence-electron chi connectivity index (χ0n) is 12.0. The second-order valence-electron chi connectivity index (χ2n) is 4.78. The predicted molar refractivity (Wildman–Crippen MR) is 93.1 cm³/mol. The van der Waals surface area contributed by atoms with Crippen LogP contribution in [0.15, 0.2) is 42.5 Å². The molecule has 0 radical (unpaired) electrons. The maximum absolute atomic E-state index is 12.1. The van der Waals surface area contributed by atoms with E-state index in [0.717, 1.165) is 3.57 Å². The van der Waals surface area contributed by atoms with Gasteiger partial charge in [-0.15, -0.1) is 0 Å². The van der Waals surface area contributed by atoms with E-state index < -0.39 is 11.9 Å². The Morgan fingerprint density at radius 2 is 1.78 bits per heavy atom. The van der Waals surface area contributed by atoms with Crippen molar-refractivity contribution in [3.63, 3.8) is 0 Å². The molecule has 0 fully saturated rings. The first-order valence-corrected chi connectivity index (χ1v) is 7.97. The molecule has 0 bridgehead atoms. The molecule has 3 rings (SSSR count). The quantitative estimate of drug-likeness (QED) is 0.727. The van der Waals surface area contributed by atoms with E-state index in [0.29, 0.717) is 36.0 Å². The third-order valence-corrected chi connectivity index (χ3v) is 3.78. The topological polar surface area (TPSA) is 76.7 Å². The molecule has 1 heterocycles. The Balaban J connectivity index is 1.65. The highest BCUT2D eigenvalue weighted by molar-refractivity contribution is 14.1. The van der Waals surface area contributed by atoms with Crippen LogP contribution in [0.4, 0.5) is 10.5 Å². The summed E-state index contributed by atoms with van der Waals surface area (Å²) in [6.07, 6.45) is 0. The monoisotopic (exact) mass is 424 g/mol. The molecule has 0 aromatic heterocycles. The molecule has 2 aromatic rings. The lowest BCUT2D eigenvalue weighted by atomic mass is 10.2. The van der Waals surface area contributed by atoms with Crippen LogP contribution in [0.2, 0.25) is 0 Å². The fourth-order valence-corrected chi connectivity index (χ4v) is 2.63. The van der Waals surface area contributed by atoms with Gasteiger partial charge in [0.25, 0.3) is 5.91 Å². The zero-order valence-corrected chi connectivity index (χ0v) is 14.1. The molecule has 118 valence electrons. The van der Waals surface area contributed by atoms with E-state index in [-0.39, 0.29) is 0 Å². The van der Waals surface area contributed by atoms with Gasteiger partial charge >= 0.3 is 6.03 Å². The third-order valence-electron chi connectivity index (χ3n) is 3.11. The third kappa shape index (κ3) is 3.92. The predicted octanol–water partition coefficient (Wildman–Crippen LogP) is 3.02. The number of amides is 3. The van der Waals surface area contributed by atoms with Crippen LogP contribution in [-0.4, -0.2) is 25.2 Å². The van der Waals surface area contributed by atoms with E-state index in [2.05, 4.69) is 33.2 Å². The summed E-state index contributed by atoms with van der Waals surface area (Å²) in [5.41, 5.74) is 0.941. The van der Waals surface area contributed by atoms with Crippen LogP contribution in [0, 0.1) is 3.57 Å². The molecular formula is C16H13IN2O4. The summed E-state index contributed by atoms with van der Waals surface area (Å²) in [6.45, 7) is 0.919. The largest absolute Gasteiger partial charge is 0.486 e. The Morgan fingerprint density at radius 3 is 2.57 bits per heavy atom. The molecule has 2 N–H and O–H groups in total. The van der Waals surface area contributed by atoms with E-state index >= 15 is 0 Å². The Labute approximate surface area is 146 Å². The van der Waals surface area contributed by atoms with Gasteiger partial charge in [-0.05, 0) is 59.0 Å². The van der Waals surface area contributed by atoms with E-state index in [1.165, 1.54) is 0 Å². The fraction of sp³-hybridized carbons (Fsp3) is 0.125. The first-order valence-electron chi connectivity index (χ1n) is 6.89. The number of carbonyl (C=O) groups excluding carboxylic acids is 2. The number of hydrogen-bond donors (Lipinski definition) is 2. The molecule has 0 saturated carbocycles. The fourth-order valence-electron chi connectivity index (χ4n) is 2.09. The number of anilines is 1. The molecule has 0 unspecified atom stereocenters. The summed E-state index contributed by atoms with van der Waals surface area (Å²) >= 11 is 2.14. The number of nitrogens with one attached hydrogen (secondary N) is 2. The maximum atomic E-state index is 12.1. The average molecular weight is 424 g/mol. The number of urea groups is 1. The summed E-state index contributed by atoms with van der Waals surface area (Å²) in [4.78, 5) is 24.0. The van der Waals surface area contributed by atoms with E-state index in [1.54, 1.807) is 30.3 Å².